The predicted octanol–water partition coefficient (Wildman–Crippen LogP) is 2.04. The Hall–Kier alpha value is -2.37. The van der Waals surface area contributed by atoms with Crippen molar-refractivity contribution in [1.82, 2.24) is 10.2 Å². The van der Waals surface area contributed by atoms with Gasteiger partial charge in [0, 0.05) is 5.69 Å². The minimum Gasteiger partial charge on any atom is -0.325 e. The molecule has 1 fully saturated rings. The lowest BCUT2D eigenvalue weighted by Gasteiger charge is -2.23. The molecular weight excluding hydrogens is 282 g/mol. The van der Waals surface area contributed by atoms with Gasteiger partial charge in [0.15, 0.2) is 0 Å². The Bertz CT molecular complexity index is 591. The zero-order valence-corrected chi connectivity index (χ0v) is 13.1. The maximum absolute atomic E-state index is 12.4. The van der Waals surface area contributed by atoms with Gasteiger partial charge in [-0.25, -0.2) is 4.79 Å². The van der Waals surface area contributed by atoms with Gasteiger partial charge in [-0.3, -0.25) is 14.5 Å². The summed E-state index contributed by atoms with van der Waals surface area (Å²) in [6, 6.07) is 6.81. The van der Waals surface area contributed by atoms with Crippen LogP contribution < -0.4 is 10.6 Å². The van der Waals surface area contributed by atoms with Crippen LogP contribution in [-0.4, -0.2) is 34.8 Å². The normalized spacial score (nSPS) is 16.6. The summed E-state index contributed by atoms with van der Waals surface area (Å²) in [6.45, 7) is 5.36. The number of benzene rings is 1. The van der Waals surface area contributed by atoms with Gasteiger partial charge in [0.2, 0.25) is 5.91 Å². The van der Waals surface area contributed by atoms with Crippen LogP contribution in [0.5, 0.6) is 0 Å². The smallest absolute Gasteiger partial charge is 0.325 e. The molecule has 2 rings (SSSR count). The largest absolute Gasteiger partial charge is 0.325 e. The fraction of sp³-hybridized carbons (Fsp3) is 0.438. The molecule has 1 heterocycles. The molecule has 6 heteroatoms. The molecule has 1 aliphatic rings. The van der Waals surface area contributed by atoms with E-state index in [-0.39, 0.29) is 12.5 Å². The van der Waals surface area contributed by atoms with E-state index < -0.39 is 17.5 Å². The topological polar surface area (TPSA) is 78.5 Å². The first-order valence-corrected chi connectivity index (χ1v) is 7.42. The second-order valence-corrected chi connectivity index (χ2v) is 5.52. The summed E-state index contributed by atoms with van der Waals surface area (Å²) in [4.78, 5) is 37.4. The van der Waals surface area contributed by atoms with Crippen molar-refractivity contribution >= 4 is 23.5 Å². The molecule has 0 aromatic heterocycles. The maximum Gasteiger partial charge on any atom is 0.325 e. The second kappa shape index (κ2) is 6.17. The van der Waals surface area contributed by atoms with E-state index in [2.05, 4.69) is 10.6 Å². The lowest BCUT2D eigenvalue weighted by Crippen LogP contribution is -2.46. The van der Waals surface area contributed by atoms with E-state index in [4.69, 9.17) is 0 Å². The number of hydrogen-bond acceptors (Lipinski definition) is 3. The second-order valence-electron chi connectivity index (χ2n) is 5.52. The third-order valence-electron chi connectivity index (χ3n) is 4.09. The van der Waals surface area contributed by atoms with Gasteiger partial charge in [-0.2, -0.15) is 0 Å². The number of nitrogens with one attached hydrogen (secondary N) is 2. The first-order chi connectivity index (χ1) is 10.4. The molecule has 4 amide bonds. The third kappa shape index (κ3) is 2.95. The highest BCUT2D eigenvalue weighted by Gasteiger charge is 2.49. The van der Waals surface area contributed by atoms with Crippen molar-refractivity contribution in [1.29, 1.82) is 0 Å². The van der Waals surface area contributed by atoms with E-state index in [1.54, 1.807) is 12.1 Å². The van der Waals surface area contributed by atoms with E-state index in [0.29, 0.717) is 18.5 Å². The summed E-state index contributed by atoms with van der Waals surface area (Å²) in [7, 11) is 0. The molecule has 22 heavy (non-hydrogen) atoms. The lowest BCUT2D eigenvalue weighted by molar-refractivity contribution is -0.134. The number of imide groups is 1. The van der Waals surface area contributed by atoms with Gasteiger partial charge in [0.1, 0.15) is 12.1 Å². The van der Waals surface area contributed by atoms with Gasteiger partial charge in [-0.15, -0.1) is 0 Å². The molecule has 1 saturated heterocycles. The Labute approximate surface area is 129 Å². The Balaban J connectivity index is 2.04. The summed E-state index contributed by atoms with van der Waals surface area (Å²) in [6.07, 6.45) is 1.01. The van der Waals surface area contributed by atoms with E-state index in [1.165, 1.54) is 0 Å². The van der Waals surface area contributed by atoms with Crippen LogP contribution in [0.25, 0.3) is 0 Å². The van der Waals surface area contributed by atoms with Crippen LogP contribution in [0.2, 0.25) is 0 Å². The van der Waals surface area contributed by atoms with Crippen LogP contribution in [-0.2, 0) is 9.59 Å². The molecule has 0 atom stereocenters. The molecule has 1 aromatic rings. The fourth-order valence-corrected chi connectivity index (χ4v) is 2.53. The quantitative estimate of drug-likeness (QED) is 0.817. The van der Waals surface area contributed by atoms with Crippen LogP contribution in [0.3, 0.4) is 0 Å². The number of carbonyl (C=O) groups excluding carboxylic acids is 3. The van der Waals surface area contributed by atoms with Crippen molar-refractivity contribution in [3.63, 3.8) is 0 Å². The lowest BCUT2D eigenvalue weighted by atomic mass is 9.93. The van der Waals surface area contributed by atoms with Crippen LogP contribution in [0.4, 0.5) is 10.5 Å². The molecule has 0 bridgehead atoms. The number of carbonyl (C=O) groups is 3. The molecule has 1 aromatic carbocycles. The minimum atomic E-state index is -0.874. The minimum absolute atomic E-state index is 0.277. The predicted molar refractivity (Wildman–Crippen MR) is 83.4 cm³/mol. The van der Waals surface area contributed by atoms with Crippen LogP contribution >= 0.6 is 0 Å². The molecule has 118 valence electrons. The highest BCUT2D eigenvalue weighted by Crippen LogP contribution is 2.24. The molecule has 0 unspecified atom stereocenters. The summed E-state index contributed by atoms with van der Waals surface area (Å²) in [5.74, 6) is -0.725. The van der Waals surface area contributed by atoms with Crippen molar-refractivity contribution < 1.29 is 14.4 Å². The van der Waals surface area contributed by atoms with Crippen molar-refractivity contribution in [2.75, 3.05) is 11.9 Å². The molecule has 0 spiro atoms. The zero-order valence-electron chi connectivity index (χ0n) is 13.1. The average Bonchev–Trinajstić information content (AvgIpc) is 2.74. The summed E-state index contributed by atoms with van der Waals surface area (Å²) >= 11 is 0. The molecule has 0 radical (unpaired) electrons. The van der Waals surface area contributed by atoms with Crippen LogP contribution in [0, 0.1) is 6.92 Å². The van der Waals surface area contributed by atoms with Crippen LogP contribution in [0.1, 0.15) is 32.3 Å². The summed E-state index contributed by atoms with van der Waals surface area (Å²) in [5, 5.41) is 5.39. The van der Waals surface area contributed by atoms with Crippen molar-refractivity contribution in [3.05, 3.63) is 29.8 Å². The fourth-order valence-electron chi connectivity index (χ4n) is 2.53. The summed E-state index contributed by atoms with van der Waals surface area (Å²) in [5.41, 5.74) is 0.851. The number of aryl methyl sites for hydroxylation is 1. The number of hydrogen-bond donors (Lipinski definition) is 2. The van der Waals surface area contributed by atoms with Crippen molar-refractivity contribution in [2.45, 2.75) is 39.2 Å². The van der Waals surface area contributed by atoms with Gasteiger partial charge in [-0.1, -0.05) is 31.5 Å². The van der Waals surface area contributed by atoms with Gasteiger partial charge < -0.3 is 10.6 Å². The highest BCUT2D eigenvalue weighted by atomic mass is 16.2. The maximum atomic E-state index is 12.4. The molecule has 0 aliphatic carbocycles. The van der Waals surface area contributed by atoms with E-state index >= 15 is 0 Å². The highest BCUT2D eigenvalue weighted by molar-refractivity contribution is 6.10. The summed E-state index contributed by atoms with van der Waals surface area (Å²) < 4.78 is 0. The van der Waals surface area contributed by atoms with E-state index in [9.17, 15) is 14.4 Å². The number of nitrogens with zero attached hydrogens (tertiary/aromatic N) is 1. The SMILES string of the molecule is CCC1(CC)NC(=O)N(CC(=O)Nc2ccc(C)cc2)C1=O. The number of amides is 4. The third-order valence-corrected chi connectivity index (χ3v) is 4.09. The Morgan fingerprint density at radius 2 is 1.77 bits per heavy atom. The molecule has 2 N–H and O–H groups in total. The number of anilines is 1. The number of urea groups is 1. The van der Waals surface area contributed by atoms with Gasteiger partial charge in [-0.05, 0) is 31.9 Å². The van der Waals surface area contributed by atoms with Gasteiger partial charge in [0.05, 0.1) is 0 Å². The zero-order chi connectivity index (χ0) is 16.3. The van der Waals surface area contributed by atoms with E-state index in [0.717, 1.165) is 10.5 Å². The Morgan fingerprint density at radius 3 is 2.27 bits per heavy atom. The first kappa shape index (κ1) is 16.0. The van der Waals surface area contributed by atoms with Crippen LogP contribution in [0.15, 0.2) is 24.3 Å². The average molecular weight is 303 g/mol. The van der Waals surface area contributed by atoms with Crippen molar-refractivity contribution in [3.8, 4) is 0 Å². The molecule has 1 aliphatic heterocycles. The number of rotatable bonds is 5. The van der Waals surface area contributed by atoms with Crippen molar-refractivity contribution in [2.24, 2.45) is 0 Å². The Kier molecular flexibility index (Phi) is 4.49. The van der Waals surface area contributed by atoms with Gasteiger partial charge in [0.25, 0.3) is 5.91 Å². The Morgan fingerprint density at radius 1 is 1.18 bits per heavy atom. The van der Waals surface area contributed by atoms with Gasteiger partial charge >= 0.3 is 6.03 Å². The molecular formula is C16H21N3O3. The monoisotopic (exact) mass is 303 g/mol. The van der Waals surface area contributed by atoms with E-state index in [1.807, 2.05) is 32.9 Å². The standard InChI is InChI=1S/C16H21N3O3/c1-4-16(5-2)14(21)19(15(22)18-16)10-13(20)17-12-8-6-11(3)7-9-12/h6-9H,4-5,10H2,1-3H3,(H,17,20)(H,18,22). The first-order valence-electron chi connectivity index (χ1n) is 7.42. The molecule has 0 saturated carbocycles. The molecule has 6 nitrogen and oxygen atoms in total.